The Morgan fingerprint density at radius 2 is 2.29 bits per heavy atom. The first-order valence-corrected chi connectivity index (χ1v) is 4.88. The van der Waals surface area contributed by atoms with Crippen LogP contribution in [0.25, 0.3) is 0 Å². The Hall–Kier alpha value is -2.02. The van der Waals surface area contributed by atoms with E-state index >= 15 is 0 Å². The average Bonchev–Trinajstić information content (AvgIpc) is 2.31. The molecule has 3 N–H and O–H groups in total. The van der Waals surface area contributed by atoms with Crippen LogP contribution in [-0.2, 0) is 0 Å². The third-order valence-corrected chi connectivity index (χ3v) is 2.17. The predicted octanol–water partition coefficient (Wildman–Crippen LogP) is 1.97. The lowest BCUT2D eigenvalue weighted by Crippen LogP contribution is -2.34. The molecule has 0 aliphatic rings. The van der Waals surface area contributed by atoms with E-state index in [9.17, 15) is 14.3 Å². The van der Waals surface area contributed by atoms with Crippen LogP contribution in [0.1, 0.15) is 18.6 Å². The Kier molecular flexibility index (Phi) is 4.11. The molecule has 0 radical (unpaired) electrons. The van der Waals surface area contributed by atoms with Gasteiger partial charge in [0.25, 0.3) is 0 Å². The molecule has 0 aliphatic carbocycles. The monoisotopic (exact) mass is 240 g/mol. The molecule has 0 aliphatic heterocycles. The molecule has 1 atom stereocenters. The lowest BCUT2D eigenvalue weighted by molar-refractivity contribution is 0.199. The first kappa shape index (κ1) is 13.0. The minimum absolute atomic E-state index is 0.163. The molecule has 0 heterocycles. The van der Waals surface area contributed by atoms with Gasteiger partial charge in [0.05, 0.1) is 11.8 Å². The van der Waals surface area contributed by atoms with Crippen molar-refractivity contribution in [2.75, 3.05) is 12.1 Å². The summed E-state index contributed by atoms with van der Waals surface area (Å²) in [5.74, 6) is -0.536. The van der Waals surface area contributed by atoms with Crippen molar-refractivity contribution in [3.05, 3.63) is 29.6 Å². The van der Waals surface area contributed by atoms with Gasteiger partial charge in [0.1, 0.15) is 5.82 Å². The highest BCUT2D eigenvalue weighted by Crippen LogP contribution is 2.27. The predicted molar refractivity (Wildman–Crippen MR) is 59.1 cm³/mol. The third-order valence-electron chi connectivity index (χ3n) is 2.17. The van der Waals surface area contributed by atoms with E-state index in [0.717, 1.165) is 17.1 Å². The van der Waals surface area contributed by atoms with Crippen LogP contribution in [-0.4, -0.2) is 18.2 Å². The molecule has 1 aromatic rings. The van der Waals surface area contributed by atoms with Crippen molar-refractivity contribution < 1.29 is 14.3 Å². The zero-order valence-electron chi connectivity index (χ0n) is 9.44. The summed E-state index contributed by atoms with van der Waals surface area (Å²) in [4.78, 5) is 11.4. The van der Waals surface area contributed by atoms with Crippen LogP contribution in [0, 0.1) is 11.3 Å². The maximum absolute atomic E-state index is 13.1. The summed E-state index contributed by atoms with van der Waals surface area (Å²) in [5.41, 5.74) is 7.28. The molecule has 2 amide bonds. The van der Waals surface area contributed by atoms with E-state index in [4.69, 9.17) is 5.53 Å². The number of benzene rings is 1. The number of hydrogen-bond donors (Lipinski definition) is 3. The van der Waals surface area contributed by atoms with E-state index < -0.39 is 18.0 Å². The number of aliphatic hydroxyl groups excluding tert-OH is 1. The van der Waals surface area contributed by atoms with Crippen LogP contribution >= 0.6 is 0 Å². The van der Waals surface area contributed by atoms with Crippen molar-refractivity contribution in [2.45, 2.75) is 13.0 Å². The summed E-state index contributed by atoms with van der Waals surface area (Å²) in [5, 5.41) is 15.6. The highest BCUT2D eigenvalue weighted by atomic mass is 19.1. The molecular weight excluding hydrogens is 227 g/mol. The van der Waals surface area contributed by atoms with Gasteiger partial charge in [-0.05, 0) is 25.1 Å². The van der Waals surface area contributed by atoms with Crippen molar-refractivity contribution in [1.29, 1.82) is 5.53 Å². The fraction of sp³-hybridized carbons (Fsp3) is 0.300. The number of halogens is 1. The molecule has 0 saturated heterocycles. The molecule has 1 aromatic carbocycles. The second-order valence-electron chi connectivity index (χ2n) is 3.35. The Morgan fingerprint density at radius 1 is 1.65 bits per heavy atom. The zero-order chi connectivity index (χ0) is 13.0. The normalized spacial score (nSPS) is 11.8. The van der Waals surface area contributed by atoms with Crippen LogP contribution in [0.2, 0.25) is 0 Å². The molecule has 0 bridgehead atoms. The van der Waals surface area contributed by atoms with Gasteiger partial charge in [-0.2, -0.15) is 10.5 Å². The molecule has 0 saturated carbocycles. The Labute approximate surface area is 97.5 Å². The van der Waals surface area contributed by atoms with Crippen LogP contribution in [0.5, 0.6) is 0 Å². The van der Waals surface area contributed by atoms with Crippen molar-refractivity contribution in [2.24, 2.45) is 5.22 Å². The van der Waals surface area contributed by atoms with E-state index in [0.29, 0.717) is 0 Å². The fourth-order valence-electron chi connectivity index (χ4n) is 1.37. The van der Waals surface area contributed by atoms with Gasteiger partial charge < -0.3 is 10.4 Å². The van der Waals surface area contributed by atoms with Crippen LogP contribution in [0.15, 0.2) is 23.4 Å². The van der Waals surface area contributed by atoms with E-state index in [2.05, 4.69) is 10.5 Å². The van der Waals surface area contributed by atoms with Crippen LogP contribution in [0.3, 0.4) is 0 Å². The van der Waals surface area contributed by atoms with Crippen molar-refractivity contribution in [3.8, 4) is 0 Å². The van der Waals surface area contributed by atoms with Crippen molar-refractivity contribution >= 4 is 11.7 Å². The molecular formula is C10H13FN4O2. The number of hydrogen-bond acceptors (Lipinski definition) is 4. The first-order valence-electron chi connectivity index (χ1n) is 4.88. The number of nitrogens with zero attached hydrogens (tertiary/aromatic N) is 2. The molecule has 0 aromatic heterocycles. The summed E-state index contributed by atoms with van der Waals surface area (Å²) >= 11 is 0. The molecule has 0 fully saturated rings. The number of nitrogens with one attached hydrogen (secondary N) is 2. The quantitative estimate of drug-likeness (QED) is 0.557. The maximum Gasteiger partial charge on any atom is 0.343 e. The second kappa shape index (κ2) is 5.35. The first-order chi connectivity index (χ1) is 8.01. The Bertz CT molecular complexity index is 436. The number of aliphatic hydroxyl groups is 1. The van der Waals surface area contributed by atoms with Gasteiger partial charge in [0, 0.05) is 12.6 Å². The second-order valence-corrected chi connectivity index (χ2v) is 3.35. The maximum atomic E-state index is 13.1. The number of amides is 2. The summed E-state index contributed by atoms with van der Waals surface area (Å²) in [6.07, 6.45) is -0.977. The van der Waals surface area contributed by atoms with Gasteiger partial charge in [-0.15, -0.1) is 0 Å². The summed E-state index contributed by atoms with van der Waals surface area (Å²) in [7, 11) is 1.38. The van der Waals surface area contributed by atoms with Crippen molar-refractivity contribution in [1.82, 2.24) is 5.32 Å². The Balaban J connectivity index is 3.28. The molecule has 1 rings (SSSR count). The van der Waals surface area contributed by atoms with Crippen molar-refractivity contribution in [3.63, 3.8) is 0 Å². The fourth-order valence-corrected chi connectivity index (χ4v) is 1.37. The van der Waals surface area contributed by atoms with Crippen LogP contribution < -0.4 is 10.3 Å². The lowest BCUT2D eigenvalue weighted by Gasteiger charge is -2.19. The molecule has 92 valence electrons. The third kappa shape index (κ3) is 2.76. The average molecular weight is 240 g/mol. The van der Waals surface area contributed by atoms with E-state index in [-0.39, 0.29) is 11.3 Å². The molecule has 1 unspecified atom stereocenters. The van der Waals surface area contributed by atoms with Gasteiger partial charge in [-0.25, -0.2) is 9.18 Å². The minimum atomic E-state index is -0.977. The number of rotatable bonds is 3. The molecule has 0 spiro atoms. The van der Waals surface area contributed by atoms with Gasteiger partial charge in [0.15, 0.2) is 0 Å². The van der Waals surface area contributed by atoms with Gasteiger partial charge in [-0.3, -0.25) is 0 Å². The van der Waals surface area contributed by atoms with E-state index in [1.807, 2.05) is 0 Å². The highest BCUT2D eigenvalue weighted by molar-refractivity contribution is 5.91. The van der Waals surface area contributed by atoms with Crippen LogP contribution in [0.4, 0.5) is 14.9 Å². The summed E-state index contributed by atoms with van der Waals surface area (Å²) in [6.45, 7) is 1.43. The zero-order valence-corrected chi connectivity index (χ0v) is 9.44. The lowest BCUT2D eigenvalue weighted by atomic mass is 10.1. The number of urea groups is 1. The van der Waals surface area contributed by atoms with Gasteiger partial charge in [-0.1, -0.05) is 5.22 Å². The number of carbonyl (C=O) groups excluding carboxylic acids is 1. The molecule has 6 nitrogen and oxygen atoms in total. The van der Waals surface area contributed by atoms with E-state index in [1.54, 1.807) is 0 Å². The Morgan fingerprint density at radius 3 is 2.76 bits per heavy atom. The standard InChI is InChI=1S/C10H13FN4O2/c1-6(16)8-5-7(11)3-4-9(8)15(14-12)10(17)13-2/h3-6,12,16H,1-2H3,(H,13,17). The summed E-state index contributed by atoms with van der Waals surface area (Å²) < 4.78 is 13.1. The van der Waals surface area contributed by atoms with Gasteiger partial charge in [0.2, 0.25) is 0 Å². The largest absolute Gasteiger partial charge is 0.389 e. The molecule has 17 heavy (non-hydrogen) atoms. The highest BCUT2D eigenvalue weighted by Gasteiger charge is 2.20. The SMILES string of the molecule is CNC(=O)N(N=N)c1ccc(F)cc1C(C)O. The van der Waals surface area contributed by atoms with E-state index in [1.165, 1.54) is 20.0 Å². The molecule has 7 heteroatoms. The minimum Gasteiger partial charge on any atom is -0.389 e. The van der Waals surface area contributed by atoms with Gasteiger partial charge >= 0.3 is 6.03 Å². The number of carbonyl (C=O) groups is 1. The summed E-state index contributed by atoms with van der Waals surface area (Å²) in [6, 6.07) is 2.86. The smallest absolute Gasteiger partial charge is 0.343 e. The number of anilines is 1. The topological polar surface area (TPSA) is 88.8 Å².